The van der Waals surface area contributed by atoms with Gasteiger partial charge in [0.2, 0.25) is 0 Å². The van der Waals surface area contributed by atoms with Crippen LogP contribution in [0.1, 0.15) is 12.5 Å². The number of cyclic esters (lactones) is 2. The van der Waals surface area contributed by atoms with Crippen molar-refractivity contribution in [3.05, 3.63) is 23.5 Å². The van der Waals surface area contributed by atoms with Gasteiger partial charge in [0.25, 0.3) is 0 Å². The van der Waals surface area contributed by atoms with Crippen LogP contribution in [0, 0.1) is 5.82 Å². The second-order valence-electron chi connectivity index (χ2n) is 6.13. The standard InChI is InChI=1S/C16H18FN3O6/c1-8(18-14(21)22)12-7-20(16(24)26-12)10-5-9-3-4-25-15(23)19(2)13(9)11(17)6-10/h5-6,8,12,18H,3-4,7H2,1-2H3,(H,21,22)/t8?,12-/m0/s1. The molecule has 1 fully saturated rings. The smallest absolute Gasteiger partial charge is 0.414 e. The highest BCUT2D eigenvalue weighted by molar-refractivity contribution is 5.93. The fraction of sp³-hybridized carbons (Fsp3) is 0.438. The largest absolute Gasteiger partial charge is 0.465 e. The molecule has 2 atom stereocenters. The third kappa shape index (κ3) is 3.22. The van der Waals surface area contributed by atoms with E-state index in [1.807, 2.05) is 0 Å². The maximum absolute atomic E-state index is 14.6. The zero-order chi connectivity index (χ0) is 19.0. The number of hydrogen-bond acceptors (Lipinski definition) is 5. The summed E-state index contributed by atoms with van der Waals surface area (Å²) in [7, 11) is 1.41. The maximum atomic E-state index is 14.6. The van der Waals surface area contributed by atoms with E-state index in [1.165, 1.54) is 11.9 Å². The Labute approximate surface area is 148 Å². The number of nitrogens with zero attached hydrogens (tertiary/aromatic N) is 2. The molecule has 0 saturated carbocycles. The SMILES string of the molecule is CC(NC(=O)O)[C@@H]1CN(c2cc(F)c3c(c2)CCOC(=O)N3C)C(=O)O1. The number of hydrogen-bond donors (Lipinski definition) is 2. The van der Waals surface area contributed by atoms with E-state index in [4.69, 9.17) is 14.6 Å². The molecular formula is C16H18FN3O6. The highest BCUT2D eigenvalue weighted by Gasteiger charge is 2.37. The lowest BCUT2D eigenvalue weighted by atomic mass is 10.1. The van der Waals surface area contributed by atoms with Gasteiger partial charge in [-0.1, -0.05) is 0 Å². The minimum atomic E-state index is -1.23. The summed E-state index contributed by atoms with van der Waals surface area (Å²) in [6.45, 7) is 1.75. The van der Waals surface area contributed by atoms with Gasteiger partial charge in [-0.05, 0) is 24.6 Å². The van der Waals surface area contributed by atoms with Crippen LogP contribution in [0.25, 0.3) is 0 Å². The maximum Gasteiger partial charge on any atom is 0.414 e. The molecular weight excluding hydrogens is 349 g/mol. The first-order valence-electron chi connectivity index (χ1n) is 7.98. The summed E-state index contributed by atoms with van der Waals surface area (Å²) in [5.74, 6) is -0.660. The third-order valence-electron chi connectivity index (χ3n) is 4.39. The van der Waals surface area contributed by atoms with Gasteiger partial charge in [0, 0.05) is 13.5 Å². The molecule has 2 heterocycles. The predicted molar refractivity (Wildman–Crippen MR) is 88.1 cm³/mol. The number of carbonyl (C=O) groups excluding carboxylic acids is 2. The highest BCUT2D eigenvalue weighted by Crippen LogP contribution is 2.33. The number of ether oxygens (including phenoxy) is 2. The first kappa shape index (κ1) is 17.8. The average molecular weight is 367 g/mol. The van der Waals surface area contributed by atoms with Crippen molar-refractivity contribution in [2.24, 2.45) is 0 Å². The number of nitrogens with one attached hydrogen (secondary N) is 1. The van der Waals surface area contributed by atoms with E-state index in [2.05, 4.69) is 5.32 Å². The van der Waals surface area contributed by atoms with Crippen LogP contribution < -0.4 is 15.1 Å². The van der Waals surface area contributed by atoms with Crippen LogP contribution in [0.5, 0.6) is 0 Å². The quantitative estimate of drug-likeness (QED) is 0.845. The Kier molecular flexibility index (Phi) is 4.58. The molecule has 0 aliphatic carbocycles. The van der Waals surface area contributed by atoms with Crippen LogP contribution >= 0.6 is 0 Å². The predicted octanol–water partition coefficient (Wildman–Crippen LogP) is 1.94. The van der Waals surface area contributed by atoms with Gasteiger partial charge in [-0.15, -0.1) is 0 Å². The van der Waals surface area contributed by atoms with Crippen LogP contribution in [0.15, 0.2) is 12.1 Å². The number of amides is 3. The van der Waals surface area contributed by atoms with Gasteiger partial charge in [-0.25, -0.2) is 18.8 Å². The van der Waals surface area contributed by atoms with Crippen molar-refractivity contribution in [1.82, 2.24) is 5.32 Å². The number of halogens is 1. The van der Waals surface area contributed by atoms with E-state index in [9.17, 15) is 18.8 Å². The number of carbonyl (C=O) groups is 3. The van der Waals surface area contributed by atoms with Gasteiger partial charge < -0.3 is 19.9 Å². The molecule has 0 aromatic heterocycles. The molecule has 1 aromatic rings. The van der Waals surface area contributed by atoms with Crippen LogP contribution in [0.3, 0.4) is 0 Å². The van der Waals surface area contributed by atoms with Crippen molar-refractivity contribution in [2.45, 2.75) is 25.5 Å². The summed E-state index contributed by atoms with van der Waals surface area (Å²) in [5, 5.41) is 11.0. The molecule has 2 aliphatic heterocycles. The van der Waals surface area contributed by atoms with E-state index in [0.29, 0.717) is 12.0 Å². The second-order valence-corrected chi connectivity index (χ2v) is 6.13. The van der Waals surface area contributed by atoms with Crippen molar-refractivity contribution >= 4 is 29.7 Å². The molecule has 0 bridgehead atoms. The highest BCUT2D eigenvalue weighted by atomic mass is 19.1. The van der Waals surface area contributed by atoms with Gasteiger partial charge in [0.05, 0.1) is 30.6 Å². The summed E-state index contributed by atoms with van der Waals surface area (Å²) < 4.78 is 24.8. The van der Waals surface area contributed by atoms with Crippen molar-refractivity contribution < 1.29 is 33.4 Å². The van der Waals surface area contributed by atoms with Crippen LogP contribution in [0.4, 0.5) is 30.1 Å². The van der Waals surface area contributed by atoms with Gasteiger partial charge in [-0.3, -0.25) is 9.80 Å². The molecule has 2 aliphatic rings. The number of carboxylic acid groups (broad SMARTS) is 1. The van der Waals surface area contributed by atoms with Crippen molar-refractivity contribution in [1.29, 1.82) is 0 Å². The van der Waals surface area contributed by atoms with E-state index >= 15 is 0 Å². The summed E-state index contributed by atoms with van der Waals surface area (Å²) in [6.07, 6.45) is -2.96. The Hall–Kier alpha value is -3.04. The molecule has 3 rings (SSSR count). The topological polar surface area (TPSA) is 108 Å². The van der Waals surface area contributed by atoms with E-state index in [1.54, 1.807) is 13.0 Å². The summed E-state index contributed by atoms with van der Waals surface area (Å²) >= 11 is 0. The minimum Gasteiger partial charge on any atom is -0.465 e. The fourth-order valence-corrected chi connectivity index (χ4v) is 3.04. The zero-order valence-corrected chi connectivity index (χ0v) is 14.2. The number of fused-ring (bicyclic) bond motifs is 1. The summed E-state index contributed by atoms with van der Waals surface area (Å²) in [6, 6.07) is 2.13. The molecule has 26 heavy (non-hydrogen) atoms. The fourth-order valence-electron chi connectivity index (χ4n) is 3.04. The Morgan fingerprint density at radius 2 is 2.12 bits per heavy atom. The Balaban J connectivity index is 1.87. The van der Waals surface area contributed by atoms with Crippen LogP contribution in [0.2, 0.25) is 0 Å². The van der Waals surface area contributed by atoms with Crippen LogP contribution in [-0.4, -0.2) is 55.7 Å². The number of benzene rings is 1. The zero-order valence-electron chi connectivity index (χ0n) is 14.2. The first-order valence-corrected chi connectivity index (χ1v) is 7.98. The molecule has 1 aromatic carbocycles. The normalized spacial score (nSPS) is 20.8. The molecule has 9 nitrogen and oxygen atoms in total. The average Bonchev–Trinajstić information content (AvgIpc) is 2.88. The van der Waals surface area contributed by atoms with E-state index in [-0.39, 0.29) is 24.5 Å². The van der Waals surface area contributed by atoms with E-state index in [0.717, 1.165) is 11.0 Å². The lowest BCUT2D eigenvalue weighted by Crippen LogP contribution is -2.42. The Morgan fingerprint density at radius 1 is 1.38 bits per heavy atom. The van der Waals surface area contributed by atoms with Gasteiger partial charge >= 0.3 is 18.3 Å². The Morgan fingerprint density at radius 3 is 2.81 bits per heavy atom. The molecule has 3 amide bonds. The number of anilines is 2. The summed E-state index contributed by atoms with van der Waals surface area (Å²) in [5.41, 5.74) is 0.918. The molecule has 0 spiro atoms. The van der Waals surface area contributed by atoms with Gasteiger partial charge in [0.1, 0.15) is 11.9 Å². The molecule has 2 N–H and O–H groups in total. The van der Waals surface area contributed by atoms with Gasteiger partial charge in [-0.2, -0.15) is 0 Å². The monoisotopic (exact) mass is 367 g/mol. The third-order valence-corrected chi connectivity index (χ3v) is 4.39. The van der Waals surface area contributed by atoms with Crippen LogP contribution in [-0.2, 0) is 15.9 Å². The lowest BCUT2D eigenvalue weighted by molar-refractivity contribution is 0.117. The second kappa shape index (κ2) is 6.70. The van der Waals surface area contributed by atoms with Gasteiger partial charge in [0.15, 0.2) is 0 Å². The van der Waals surface area contributed by atoms with Crippen molar-refractivity contribution in [3.63, 3.8) is 0 Å². The first-order chi connectivity index (χ1) is 12.3. The molecule has 1 saturated heterocycles. The lowest BCUT2D eigenvalue weighted by Gasteiger charge is -2.20. The number of rotatable bonds is 3. The van der Waals surface area contributed by atoms with Crippen molar-refractivity contribution in [3.8, 4) is 0 Å². The van der Waals surface area contributed by atoms with Crippen molar-refractivity contribution in [2.75, 3.05) is 30.0 Å². The molecule has 140 valence electrons. The Bertz CT molecular complexity index is 771. The molecule has 1 unspecified atom stereocenters. The van der Waals surface area contributed by atoms with E-state index < -0.39 is 36.2 Å². The minimum absolute atomic E-state index is 0.0732. The molecule has 0 radical (unpaired) electrons. The summed E-state index contributed by atoms with van der Waals surface area (Å²) in [4.78, 5) is 36.9. The molecule has 10 heteroatoms.